The number of ketones is 1. The maximum absolute atomic E-state index is 13.3. The molecule has 6 aromatic rings. The van der Waals surface area contributed by atoms with Crippen LogP contribution >= 0.6 is 23.2 Å². The second kappa shape index (κ2) is 14.8. The van der Waals surface area contributed by atoms with Gasteiger partial charge in [0.1, 0.15) is 23.9 Å². The first kappa shape index (κ1) is 32.9. The molecular weight excluding hydrogens is 645 g/mol. The van der Waals surface area contributed by atoms with Crippen molar-refractivity contribution in [2.24, 2.45) is 5.73 Å². The summed E-state index contributed by atoms with van der Waals surface area (Å²) in [6, 6.07) is 28.8. The summed E-state index contributed by atoms with van der Waals surface area (Å²) in [5.41, 5.74) is 12.2. The maximum Gasteiger partial charge on any atom is 0.251 e. The lowest BCUT2D eigenvalue weighted by molar-refractivity contribution is -0.120. The molecule has 3 aromatic carbocycles. The van der Waals surface area contributed by atoms with Gasteiger partial charge in [0.15, 0.2) is 5.78 Å². The van der Waals surface area contributed by atoms with Crippen molar-refractivity contribution in [3.8, 4) is 11.4 Å². The maximum atomic E-state index is 13.3. The lowest BCUT2D eigenvalue weighted by atomic mass is 10.0. The van der Waals surface area contributed by atoms with E-state index in [4.69, 9.17) is 33.7 Å². The van der Waals surface area contributed by atoms with Gasteiger partial charge in [-0.15, -0.1) is 0 Å². The number of benzene rings is 3. The number of aromatic nitrogens is 3. The van der Waals surface area contributed by atoms with Gasteiger partial charge in [0.05, 0.1) is 22.9 Å². The van der Waals surface area contributed by atoms with Crippen molar-refractivity contribution in [1.29, 1.82) is 0 Å². The van der Waals surface area contributed by atoms with Crippen molar-refractivity contribution in [2.45, 2.75) is 39.0 Å². The Bertz CT molecular complexity index is 2080. The van der Waals surface area contributed by atoms with Crippen molar-refractivity contribution >= 4 is 45.8 Å². The van der Waals surface area contributed by atoms with E-state index >= 15 is 0 Å². The van der Waals surface area contributed by atoms with Crippen molar-refractivity contribution < 1.29 is 14.3 Å². The summed E-state index contributed by atoms with van der Waals surface area (Å²) in [4.78, 5) is 34.7. The highest BCUT2D eigenvalue weighted by atomic mass is 35.5. The van der Waals surface area contributed by atoms with Crippen LogP contribution in [-0.4, -0.2) is 26.2 Å². The van der Waals surface area contributed by atoms with Crippen molar-refractivity contribution in [1.82, 2.24) is 19.9 Å². The molecule has 0 bridgehead atoms. The van der Waals surface area contributed by atoms with Gasteiger partial charge in [-0.1, -0.05) is 59.6 Å². The first-order valence-corrected chi connectivity index (χ1v) is 16.2. The summed E-state index contributed by atoms with van der Waals surface area (Å²) in [5, 5.41) is 4.69. The van der Waals surface area contributed by atoms with E-state index in [1.807, 2.05) is 90.5 Å². The van der Waals surface area contributed by atoms with Crippen LogP contribution in [0, 0.1) is 6.92 Å². The molecule has 1 unspecified atom stereocenters. The molecule has 0 saturated heterocycles. The molecule has 10 heteroatoms. The Morgan fingerprint density at radius 1 is 0.938 bits per heavy atom. The number of nitrogens with zero attached hydrogens (tertiary/aromatic N) is 3. The number of rotatable bonds is 12. The highest BCUT2D eigenvalue weighted by Crippen LogP contribution is 2.34. The summed E-state index contributed by atoms with van der Waals surface area (Å²) in [5.74, 6) is 0.309. The Kier molecular flexibility index (Phi) is 10.2. The van der Waals surface area contributed by atoms with E-state index < -0.39 is 6.04 Å². The Morgan fingerprint density at radius 2 is 1.77 bits per heavy atom. The van der Waals surface area contributed by atoms with E-state index in [0.717, 1.165) is 27.9 Å². The van der Waals surface area contributed by atoms with Gasteiger partial charge in [0.25, 0.3) is 5.91 Å². The minimum absolute atomic E-state index is 0.118. The Morgan fingerprint density at radius 3 is 2.56 bits per heavy atom. The summed E-state index contributed by atoms with van der Waals surface area (Å²) in [6.45, 7) is 2.39. The number of halogens is 2. The fourth-order valence-electron chi connectivity index (χ4n) is 5.44. The monoisotopic (exact) mass is 677 g/mol. The molecule has 0 saturated carbocycles. The number of carbonyl (C=O) groups is 2. The second-order valence-corrected chi connectivity index (χ2v) is 12.2. The smallest absolute Gasteiger partial charge is 0.251 e. The molecule has 0 spiro atoms. The van der Waals surface area contributed by atoms with E-state index in [1.165, 1.54) is 0 Å². The van der Waals surface area contributed by atoms with Crippen molar-refractivity contribution in [3.05, 3.63) is 153 Å². The van der Waals surface area contributed by atoms with Gasteiger partial charge >= 0.3 is 0 Å². The molecule has 3 heterocycles. The summed E-state index contributed by atoms with van der Waals surface area (Å²) in [7, 11) is 0. The third-order valence-electron chi connectivity index (χ3n) is 8.10. The summed E-state index contributed by atoms with van der Waals surface area (Å²) in [6.07, 6.45) is 4.21. The van der Waals surface area contributed by atoms with Gasteiger partial charge < -0.3 is 20.4 Å². The van der Waals surface area contributed by atoms with Crippen LogP contribution in [0.2, 0.25) is 10.0 Å². The normalized spacial score (nSPS) is 11.8. The molecular formula is C38H33Cl2N5O3. The number of pyridine rings is 2. The largest absolute Gasteiger partial charge is 0.487 e. The predicted molar refractivity (Wildman–Crippen MR) is 189 cm³/mol. The fourth-order valence-corrected chi connectivity index (χ4v) is 6.01. The zero-order valence-corrected chi connectivity index (χ0v) is 27.7. The van der Waals surface area contributed by atoms with E-state index in [1.54, 1.807) is 30.5 Å². The highest BCUT2D eigenvalue weighted by Gasteiger charge is 2.22. The van der Waals surface area contributed by atoms with Crippen LogP contribution < -0.4 is 15.8 Å². The lowest BCUT2D eigenvalue weighted by Gasteiger charge is -2.18. The molecule has 3 aromatic heterocycles. The minimum atomic E-state index is -0.881. The van der Waals surface area contributed by atoms with Crippen LogP contribution in [0.3, 0.4) is 0 Å². The van der Waals surface area contributed by atoms with E-state index in [2.05, 4.69) is 15.3 Å². The highest BCUT2D eigenvalue weighted by molar-refractivity contribution is 6.37. The number of ether oxygens (including phenoxy) is 1. The van der Waals surface area contributed by atoms with E-state index in [9.17, 15) is 9.59 Å². The van der Waals surface area contributed by atoms with Gasteiger partial charge in [0.2, 0.25) is 0 Å². The molecule has 242 valence electrons. The standard InChI is InChI=1S/C38H33Cl2N5O3/c1-24-10-14-26-6-4-9-34(37(26)44-24)48-23-29-30(39)17-18-31(35(29)40)45-21-5-8-32(45)36(41)33(46)19-13-25-11-15-27(16-12-25)38(47)43-22-28-7-2-3-20-42-28/h2-12,14-18,20-21,36H,13,19,22-23,41H2,1H3,(H,43,47). The van der Waals surface area contributed by atoms with Gasteiger partial charge in [-0.05, 0) is 79.6 Å². The number of aryl methyl sites for hydroxylation is 2. The molecule has 6 rings (SSSR count). The predicted octanol–water partition coefficient (Wildman–Crippen LogP) is 7.75. The molecule has 3 N–H and O–H groups in total. The minimum Gasteiger partial charge on any atom is -0.487 e. The SMILES string of the molecule is Cc1ccc2cccc(OCc3c(Cl)ccc(-n4cccc4C(N)C(=O)CCc4ccc(C(=O)NCc5ccccn5)cc4)c3Cl)c2n1. The summed E-state index contributed by atoms with van der Waals surface area (Å²) < 4.78 is 8.00. The Balaban J connectivity index is 1.11. The first-order valence-electron chi connectivity index (χ1n) is 15.5. The molecule has 0 fully saturated rings. The molecule has 0 aliphatic rings. The number of hydrogen-bond donors (Lipinski definition) is 2. The number of para-hydroxylation sites is 1. The molecule has 48 heavy (non-hydrogen) atoms. The second-order valence-electron chi connectivity index (χ2n) is 11.4. The van der Waals surface area contributed by atoms with Crippen molar-refractivity contribution in [2.75, 3.05) is 0 Å². The van der Waals surface area contributed by atoms with Crippen LogP contribution in [-0.2, 0) is 24.4 Å². The van der Waals surface area contributed by atoms with Crippen LogP contribution in [0.1, 0.15) is 51.0 Å². The van der Waals surface area contributed by atoms with Gasteiger partial charge in [0, 0.05) is 51.7 Å². The molecule has 0 aliphatic heterocycles. The van der Waals surface area contributed by atoms with Crippen LogP contribution in [0.15, 0.2) is 109 Å². The van der Waals surface area contributed by atoms with Gasteiger partial charge in [-0.2, -0.15) is 0 Å². The Labute approximate surface area is 288 Å². The summed E-state index contributed by atoms with van der Waals surface area (Å²) >= 11 is 13.5. The number of nitrogens with two attached hydrogens (primary N) is 1. The van der Waals surface area contributed by atoms with Crippen LogP contribution in [0.25, 0.3) is 16.6 Å². The number of nitrogens with one attached hydrogen (secondary N) is 1. The molecule has 0 radical (unpaired) electrons. The van der Waals surface area contributed by atoms with Crippen LogP contribution in [0.4, 0.5) is 0 Å². The fraction of sp³-hybridized carbons (Fsp3) is 0.158. The van der Waals surface area contributed by atoms with Crippen LogP contribution in [0.5, 0.6) is 5.75 Å². The number of hydrogen-bond acceptors (Lipinski definition) is 6. The van der Waals surface area contributed by atoms with Gasteiger partial charge in [-0.3, -0.25) is 14.6 Å². The molecule has 0 aliphatic carbocycles. The van der Waals surface area contributed by atoms with E-state index in [-0.39, 0.29) is 24.7 Å². The number of carbonyl (C=O) groups excluding carboxylic acids is 2. The third kappa shape index (κ3) is 7.42. The number of amides is 1. The molecule has 1 amide bonds. The van der Waals surface area contributed by atoms with Crippen molar-refractivity contribution in [3.63, 3.8) is 0 Å². The first-order chi connectivity index (χ1) is 23.3. The third-order valence-corrected chi connectivity index (χ3v) is 8.87. The average molecular weight is 679 g/mol. The van der Waals surface area contributed by atoms with Gasteiger partial charge in [-0.25, -0.2) is 4.98 Å². The number of fused-ring (bicyclic) bond motifs is 1. The molecule has 1 atom stereocenters. The average Bonchev–Trinajstić information content (AvgIpc) is 3.59. The lowest BCUT2D eigenvalue weighted by Crippen LogP contribution is -2.24. The van der Waals surface area contributed by atoms with E-state index in [0.29, 0.717) is 51.3 Å². The zero-order chi connectivity index (χ0) is 33.6. The number of Topliss-reactive ketones (excluding diaryl/α,β-unsaturated/α-hetero) is 1. The topological polar surface area (TPSA) is 112 Å². The Hall–Kier alpha value is -5.02. The molecule has 8 nitrogen and oxygen atoms in total. The quantitative estimate of drug-likeness (QED) is 0.137. The zero-order valence-electron chi connectivity index (χ0n) is 26.2.